The molecular weight excluding hydrogens is 264 g/mol. The summed E-state index contributed by atoms with van der Waals surface area (Å²) in [5, 5.41) is 0. The third-order valence-corrected chi connectivity index (χ3v) is 3.45. The minimum Gasteiger partial charge on any atom is -0.481 e. The fourth-order valence-electron chi connectivity index (χ4n) is 2.24. The average Bonchev–Trinajstić information content (AvgIpc) is 2.44. The first kappa shape index (κ1) is 17.0. The van der Waals surface area contributed by atoms with Crippen molar-refractivity contribution in [1.29, 1.82) is 0 Å². The van der Waals surface area contributed by atoms with Crippen molar-refractivity contribution in [2.24, 2.45) is 5.92 Å². The van der Waals surface area contributed by atoms with Crippen molar-refractivity contribution in [3.63, 3.8) is 0 Å². The molecule has 0 aliphatic rings. The molecule has 0 aromatic heterocycles. The Labute approximate surface area is 126 Å². The Kier molecular flexibility index (Phi) is 6.68. The molecule has 0 spiro atoms. The van der Waals surface area contributed by atoms with Crippen molar-refractivity contribution >= 4 is 11.6 Å². The van der Waals surface area contributed by atoms with Gasteiger partial charge in [0.2, 0.25) is 0 Å². The number of Topliss-reactive ketones (excluding diaryl/α,β-unsaturated/α-hetero) is 2. The van der Waals surface area contributed by atoms with E-state index in [4.69, 9.17) is 11.2 Å². The van der Waals surface area contributed by atoms with Gasteiger partial charge >= 0.3 is 0 Å². The number of ketones is 2. The molecule has 0 amide bonds. The molecule has 0 fully saturated rings. The highest BCUT2D eigenvalue weighted by Gasteiger charge is 2.18. The predicted octanol–water partition coefficient (Wildman–Crippen LogP) is 3.38. The second-order valence-electron chi connectivity index (χ2n) is 5.44. The van der Waals surface area contributed by atoms with E-state index in [0.29, 0.717) is 0 Å². The Hall–Kier alpha value is -2.08. The molecule has 1 aromatic rings. The molecule has 0 saturated carbocycles. The standard InChI is InChI=1S/C18H22O3/c1-5-10-21-17-8-6-16(7-9-17)13(2)11-14(3)18(20)12-15(4)19/h1,6-9,13-14H,10-12H2,2-4H3. The maximum absolute atomic E-state index is 11.8. The summed E-state index contributed by atoms with van der Waals surface area (Å²) in [5.41, 5.74) is 1.14. The molecule has 2 atom stereocenters. The predicted molar refractivity (Wildman–Crippen MR) is 83.3 cm³/mol. The van der Waals surface area contributed by atoms with Crippen LogP contribution in [0.3, 0.4) is 0 Å². The quantitative estimate of drug-likeness (QED) is 0.543. The molecular formula is C18H22O3. The molecule has 0 aliphatic heterocycles. The average molecular weight is 286 g/mol. The highest BCUT2D eigenvalue weighted by molar-refractivity contribution is 5.98. The van der Waals surface area contributed by atoms with Crippen molar-refractivity contribution in [1.82, 2.24) is 0 Å². The van der Waals surface area contributed by atoms with Crippen LogP contribution in [0.25, 0.3) is 0 Å². The van der Waals surface area contributed by atoms with Crippen LogP contribution in [0.15, 0.2) is 24.3 Å². The van der Waals surface area contributed by atoms with E-state index in [0.717, 1.165) is 17.7 Å². The summed E-state index contributed by atoms with van der Waals surface area (Å²) in [6.45, 7) is 5.66. The lowest BCUT2D eigenvalue weighted by atomic mass is 9.88. The van der Waals surface area contributed by atoms with Crippen molar-refractivity contribution in [2.45, 2.75) is 39.5 Å². The van der Waals surface area contributed by atoms with E-state index in [1.807, 2.05) is 31.2 Å². The smallest absolute Gasteiger partial charge is 0.148 e. The van der Waals surface area contributed by atoms with Crippen LogP contribution in [0.2, 0.25) is 0 Å². The SMILES string of the molecule is C#CCOc1ccc(C(C)CC(C)C(=O)CC(C)=O)cc1. The van der Waals surface area contributed by atoms with Gasteiger partial charge in [0.15, 0.2) is 0 Å². The van der Waals surface area contributed by atoms with E-state index in [1.165, 1.54) is 6.92 Å². The van der Waals surface area contributed by atoms with E-state index in [2.05, 4.69) is 12.8 Å². The molecule has 3 heteroatoms. The summed E-state index contributed by atoms with van der Waals surface area (Å²) in [4.78, 5) is 22.8. The van der Waals surface area contributed by atoms with Crippen molar-refractivity contribution < 1.29 is 14.3 Å². The molecule has 0 saturated heterocycles. The zero-order valence-corrected chi connectivity index (χ0v) is 12.9. The van der Waals surface area contributed by atoms with Gasteiger partial charge in [0.05, 0.1) is 6.42 Å². The number of benzene rings is 1. The van der Waals surface area contributed by atoms with Crippen LogP contribution < -0.4 is 4.74 Å². The fraction of sp³-hybridized carbons (Fsp3) is 0.444. The summed E-state index contributed by atoms with van der Waals surface area (Å²) in [6.07, 6.45) is 5.91. The number of rotatable bonds is 8. The van der Waals surface area contributed by atoms with Gasteiger partial charge in [-0.05, 0) is 37.0 Å². The maximum atomic E-state index is 11.8. The van der Waals surface area contributed by atoms with E-state index in [1.54, 1.807) is 0 Å². The fourth-order valence-corrected chi connectivity index (χ4v) is 2.24. The molecule has 0 heterocycles. The zero-order valence-electron chi connectivity index (χ0n) is 12.9. The largest absolute Gasteiger partial charge is 0.481 e. The van der Waals surface area contributed by atoms with Gasteiger partial charge in [0.25, 0.3) is 0 Å². The molecule has 3 nitrogen and oxygen atoms in total. The molecule has 1 rings (SSSR count). The number of carbonyl (C=O) groups is 2. The van der Waals surface area contributed by atoms with Gasteiger partial charge in [-0.2, -0.15) is 0 Å². The van der Waals surface area contributed by atoms with Crippen LogP contribution in [0, 0.1) is 18.3 Å². The first-order valence-corrected chi connectivity index (χ1v) is 7.12. The molecule has 112 valence electrons. The Morgan fingerprint density at radius 1 is 1.24 bits per heavy atom. The summed E-state index contributed by atoms with van der Waals surface area (Å²) >= 11 is 0. The molecule has 2 unspecified atom stereocenters. The van der Waals surface area contributed by atoms with Gasteiger partial charge in [-0.1, -0.05) is 31.9 Å². The summed E-state index contributed by atoms with van der Waals surface area (Å²) in [6, 6.07) is 7.73. The maximum Gasteiger partial charge on any atom is 0.148 e. The molecule has 0 aliphatic carbocycles. The van der Waals surface area contributed by atoms with Crippen LogP contribution >= 0.6 is 0 Å². The second kappa shape index (κ2) is 8.26. The van der Waals surface area contributed by atoms with Gasteiger partial charge in [0, 0.05) is 5.92 Å². The van der Waals surface area contributed by atoms with Crippen LogP contribution in [-0.2, 0) is 9.59 Å². The van der Waals surface area contributed by atoms with E-state index in [-0.39, 0.29) is 36.4 Å². The first-order chi connectivity index (χ1) is 9.93. The third-order valence-electron chi connectivity index (χ3n) is 3.45. The van der Waals surface area contributed by atoms with Crippen molar-refractivity contribution in [2.75, 3.05) is 6.61 Å². The van der Waals surface area contributed by atoms with Gasteiger partial charge in [-0.15, -0.1) is 6.42 Å². The summed E-state index contributed by atoms with van der Waals surface area (Å²) in [7, 11) is 0. The highest BCUT2D eigenvalue weighted by atomic mass is 16.5. The third kappa shape index (κ3) is 5.83. The summed E-state index contributed by atoms with van der Waals surface area (Å²) < 4.78 is 5.33. The normalized spacial score (nSPS) is 13.0. The lowest BCUT2D eigenvalue weighted by Crippen LogP contribution is -2.16. The van der Waals surface area contributed by atoms with Crippen molar-refractivity contribution in [3.8, 4) is 18.1 Å². The van der Waals surface area contributed by atoms with E-state index in [9.17, 15) is 9.59 Å². The lowest BCUT2D eigenvalue weighted by Gasteiger charge is -2.17. The van der Waals surface area contributed by atoms with Gasteiger partial charge in [0.1, 0.15) is 23.9 Å². The topological polar surface area (TPSA) is 43.4 Å². The van der Waals surface area contributed by atoms with E-state index >= 15 is 0 Å². The Bertz CT molecular complexity index is 522. The molecule has 0 bridgehead atoms. The molecule has 0 N–H and O–H groups in total. The number of terminal acetylenes is 1. The number of hydrogen-bond acceptors (Lipinski definition) is 3. The summed E-state index contributed by atoms with van der Waals surface area (Å²) in [5.74, 6) is 3.24. The molecule has 21 heavy (non-hydrogen) atoms. The zero-order chi connectivity index (χ0) is 15.8. The monoisotopic (exact) mass is 286 g/mol. The second-order valence-corrected chi connectivity index (χ2v) is 5.44. The van der Waals surface area contributed by atoms with Gasteiger partial charge in [-0.25, -0.2) is 0 Å². The number of carbonyl (C=O) groups excluding carboxylic acids is 2. The van der Waals surface area contributed by atoms with Crippen LogP contribution in [0.4, 0.5) is 0 Å². The Morgan fingerprint density at radius 3 is 2.38 bits per heavy atom. The van der Waals surface area contributed by atoms with Gasteiger partial charge < -0.3 is 4.74 Å². The lowest BCUT2D eigenvalue weighted by molar-refractivity contribution is -0.128. The van der Waals surface area contributed by atoms with Crippen LogP contribution in [0.5, 0.6) is 5.75 Å². The van der Waals surface area contributed by atoms with Crippen LogP contribution in [0.1, 0.15) is 45.1 Å². The van der Waals surface area contributed by atoms with E-state index < -0.39 is 0 Å². The number of hydrogen-bond donors (Lipinski definition) is 0. The van der Waals surface area contributed by atoms with Gasteiger partial charge in [-0.3, -0.25) is 9.59 Å². The Balaban J connectivity index is 2.58. The Morgan fingerprint density at radius 2 is 1.86 bits per heavy atom. The minimum atomic E-state index is -0.110. The first-order valence-electron chi connectivity index (χ1n) is 7.12. The van der Waals surface area contributed by atoms with Crippen molar-refractivity contribution in [3.05, 3.63) is 29.8 Å². The highest BCUT2D eigenvalue weighted by Crippen LogP contribution is 2.26. The molecule has 1 aromatic carbocycles. The minimum absolute atomic E-state index is 0.0170. The number of ether oxygens (including phenoxy) is 1. The van der Waals surface area contributed by atoms with Crippen LogP contribution in [-0.4, -0.2) is 18.2 Å². The molecule has 0 radical (unpaired) electrons.